The third-order valence-electron chi connectivity index (χ3n) is 4.81. The third kappa shape index (κ3) is 7.36. The molecule has 0 radical (unpaired) electrons. The van der Waals surface area contributed by atoms with Crippen molar-refractivity contribution in [3.05, 3.63) is 35.4 Å². The van der Waals surface area contributed by atoms with Crippen LogP contribution in [-0.4, -0.2) is 23.7 Å². The van der Waals surface area contributed by atoms with Crippen molar-refractivity contribution in [2.24, 2.45) is 11.8 Å². The molecular weight excluding hydrogens is 352 g/mol. The first-order valence-electron chi connectivity index (χ1n) is 9.49. The largest absolute Gasteiger partial charge is 0.481 e. The van der Waals surface area contributed by atoms with E-state index in [-0.39, 0.29) is 11.9 Å². The number of benzene rings is 1. The maximum absolute atomic E-state index is 12.5. The van der Waals surface area contributed by atoms with E-state index in [2.05, 4.69) is 19.1 Å². The molecule has 3 atom stereocenters. The average Bonchev–Trinajstić information content (AvgIpc) is 2.65. The molecule has 1 aromatic rings. The summed E-state index contributed by atoms with van der Waals surface area (Å²) in [4.78, 5) is 23.8. The standard InChI is InChI=1S/C21H31ClO4/c1-4-6-11-26-21(25)19(12-15(3)20(23)24)13-17(5-2)18-9-7-16(14-22)8-10-18/h7-10,15,17,19,22H,4-6,11-14H2,1-3H3/p+1. The monoisotopic (exact) mass is 383 g/mol. The summed E-state index contributed by atoms with van der Waals surface area (Å²) in [5.41, 5.74) is 2.27. The molecule has 3 unspecified atom stereocenters. The van der Waals surface area contributed by atoms with Gasteiger partial charge in [0.15, 0.2) is 5.88 Å². The topological polar surface area (TPSA) is 63.6 Å². The number of hydrogen-bond donors (Lipinski definition) is 1. The van der Waals surface area contributed by atoms with E-state index in [0.29, 0.717) is 25.3 Å². The quantitative estimate of drug-likeness (QED) is 0.329. The van der Waals surface area contributed by atoms with Crippen LogP contribution in [0, 0.1) is 23.4 Å². The van der Waals surface area contributed by atoms with Crippen LogP contribution in [0.3, 0.4) is 0 Å². The zero-order chi connectivity index (χ0) is 19.5. The van der Waals surface area contributed by atoms with Crippen molar-refractivity contribution in [3.63, 3.8) is 0 Å². The number of unbranched alkanes of at least 4 members (excludes halogenated alkanes) is 1. The molecular formula is C21H32ClO4+. The number of carbonyl (C=O) groups is 2. The predicted molar refractivity (Wildman–Crippen MR) is 100.0 cm³/mol. The maximum atomic E-state index is 12.5. The Balaban J connectivity index is 2.88. The highest BCUT2D eigenvalue weighted by molar-refractivity contribution is 5.75. The molecule has 146 valence electrons. The number of aliphatic carboxylic acids is 1. The van der Waals surface area contributed by atoms with Crippen LogP contribution in [-0.2, 0) is 20.2 Å². The summed E-state index contributed by atoms with van der Waals surface area (Å²) in [6, 6.07) is 8.19. The fourth-order valence-corrected chi connectivity index (χ4v) is 3.21. The summed E-state index contributed by atoms with van der Waals surface area (Å²) in [6.07, 6.45) is 3.57. The zero-order valence-corrected chi connectivity index (χ0v) is 16.9. The molecule has 0 aromatic heterocycles. The highest BCUT2D eigenvalue weighted by atomic mass is 35.5. The molecule has 1 N–H and O–H groups in total. The minimum atomic E-state index is -0.876. The molecule has 0 aliphatic carbocycles. The first-order valence-corrected chi connectivity index (χ1v) is 10.1. The lowest BCUT2D eigenvalue weighted by Gasteiger charge is -2.23. The van der Waals surface area contributed by atoms with E-state index >= 15 is 0 Å². The lowest BCUT2D eigenvalue weighted by atomic mass is 9.83. The predicted octanol–water partition coefficient (Wildman–Crippen LogP) is 4.42. The van der Waals surface area contributed by atoms with Crippen LogP contribution < -0.4 is 0 Å². The minimum absolute atomic E-state index is 0.193. The van der Waals surface area contributed by atoms with E-state index in [0.717, 1.165) is 30.4 Å². The molecule has 5 heteroatoms. The van der Waals surface area contributed by atoms with Gasteiger partial charge in [0, 0.05) is 5.56 Å². The fraction of sp³-hybridized carbons (Fsp3) is 0.619. The Morgan fingerprint density at radius 2 is 1.81 bits per heavy atom. The number of carboxylic acid groups (broad SMARTS) is 1. The van der Waals surface area contributed by atoms with Crippen LogP contribution in [0.4, 0.5) is 0 Å². The second-order valence-corrected chi connectivity index (χ2v) is 7.21. The van der Waals surface area contributed by atoms with Gasteiger partial charge in [0.05, 0.1) is 18.4 Å². The van der Waals surface area contributed by atoms with Gasteiger partial charge in [-0.05, 0) is 37.2 Å². The number of ether oxygens (including phenoxy) is 1. The van der Waals surface area contributed by atoms with E-state index in [4.69, 9.17) is 16.3 Å². The first kappa shape index (κ1) is 22.5. The Morgan fingerprint density at radius 1 is 1.15 bits per heavy atom. The molecule has 0 heterocycles. The second kappa shape index (κ2) is 11.9. The number of hydrogen-bond acceptors (Lipinski definition) is 3. The van der Waals surface area contributed by atoms with E-state index in [1.54, 1.807) is 6.92 Å². The van der Waals surface area contributed by atoms with Crippen molar-refractivity contribution in [2.75, 3.05) is 6.61 Å². The molecule has 0 bridgehead atoms. The van der Waals surface area contributed by atoms with E-state index in [1.165, 1.54) is 0 Å². The van der Waals surface area contributed by atoms with Gasteiger partial charge in [-0.1, -0.05) is 51.5 Å². The molecule has 0 fully saturated rings. The number of esters is 1. The number of carbonyl (C=O) groups excluding carboxylic acids is 1. The van der Waals surface area contributed by atoms with Gasteiger partial charge >= 0.3 is 11.9 Å². The number of carboxylic acids is 1. The summed E-state index contributed by atoms with van der Waals surface area (Å²) in [6.45, 7) is 6.18. The smallest absolute Gasteiger partial charge is 0.308 e. The summed E-state index contributed by atoms with van der Waals surface area (Å²) < 4.78 is 5.40. The van der Waals surface area contributed by atoms with Crippen LogP contribution in [0.2, 0.25) is 0 Å². The van der Waals surface area contributed by atoms with Crippen LogP contribution >= 0.6 is 0 Å². The van der Waals surface area contributed by atoms with Gasteiger partial charge in [-0.2, -0.15) is 0 Å². The van der Waals surface area contributed by atoms with Gasteiger partial charge < -0.3 is 9.84 Å². The van der Waals surface area contributed by atoms with Gasteiger partial charge in [-0.15, -0.1) is 0 Å². The Labute approximate surface area is 161 Å². The molecule has 1 rings (SSSR count). The molecule has 0 aliphatic rings. The van der Waals surface area contributed by atoms with E-state index in [1.807, 2.05) is 19.1 Å². The number of halogens is 1. The third-order valence-corrected chi connectivity index (χ3v) is 5.15. The fourth-order valence-electron chi connectivity index (χ4n) is 3.02. The van der Waals surface area contributed by atoms with Crippen LogP contribution in [0.25, 0.3) is 0 Å². The van der Waals surface area contributed by atoms with Crippen molar-refractivity contribution in [1.82, 2.24) is 0 Å². The van der Waals surface area contributed by atoms with E-state index in [9.17, 15) is 14.7 Å². The van der Waals surface area contributed by atoms with Crippen LogP contribution in [0.5, 0.6) is 0 Å². The van der Waals surface area contributed by atoms with Gasteiger partial charge in [0.1, 0.15) is 11.6 Å². The Morgan fingerprint density at radius 3 is 2.31 bits per heavy atom. The van der Waals surface area contributed by atoms with Gasteiger partial charge in [-0.25, -0.2) is 0 Å². The van der Waals surface area contributed by atoms with Crippen molar-refractivity contribution in [2.45, 2.75) is 64.7 Å². The van der Waals surface area contributed by atoms with E-state index < -0.39 is 17.8 Å². The molecule has 0 saturated heterocycles. The highest BCUT2D eigenvalue weighted by Crippen LogP contribution is 2.31. The minimum Gasteiger partial charge on any atom is -0.481 e. The van der Waals surface area contributed by atoms with Gasteiger partial charge in [0.2, 0.25) is 0 Å². The lowest BCUT2D eigenvalue weighted by molar-refractivity contribution is -0.386. The summed E-state index contributed by atoms with van der Waals surface area (Å²) in [7, 11) is 0. The molecule has 0 saturated carbocycles. The van der Waals surface area contributed by atoms with Crippen molar-refractivity contribution in [3.8, 4) is 0 Å². The number of rotatable bonds is 12. The summed E-state index contributed by atoms with van der Waals surface area (Å²) in [5.74, 6) is -1.34. The van der Waals surface area contributed by atoms with Crippen LogP contribution in [0.1, 0.15) is 69.9 Å². The second-order valence-electron chi connectivity index (χ2n) is 6.92. The van der Waals surface area contributed by atoms with Gasteiger partial charge in [-0.3, -0.25) is 9.59 Å². The van der Waals surface area contributed by atoms with Crippen molar-refractivity contribution in [1.29, 1.82) is 0 Å². The summed E-state index contributed by atoms with van der Waals surface area (Å²) >= 11 is 5.07. The average molecular weight is 384 g/mol. The SMILES string of the molecule is CCCCOC(=O)C(CC(C)C(=O)O)CC(CC)c1ccc(C[ClH+])cc1. The Bertz CT molecular complexity index is 556. The molecule has 0 amide bonds. The van der Waals surface area contributed by atoms with Crippen molar-refractivity contribution >= 4 is 11.9 Å². The normalized spacial score (nSPS) is 14.5. The molecule has 4 nitrogen and oxygen atoms in total. The number of alkyl halides is 1. The molecule has 26 heavy (non-hydrogen) atoms. The molecule has 1 aromatic carbocycles. The Kier molecular flexibility index (Phi) is 10.3. The van der Waals surface area contributed by atoms with Crippen molar-refractivity contribution < 1.29 is 31.0 Å². The Hall–Kier alpha value is -1.55. The highest BCUT2D eigenvalue weighted by Gasteiger charge is 2.28. The van der Waals surface area contributed by atoms with Crippen LogP contribution in [0.15, 0.2) is 24.3 Å². The zero-order valence-electron chi connectivity index (χ0n) is 16.1. The lowest BCUT2D eigenvalue weighted by Crippen LogP contribution is -2.25. The summed E-state index contributed by atoms with van der Waals surface area (Å²) in [5, 5.41) is 9.23. The maximum Gasteiger partial charge on any atom is 0.308 e. The molecule has 0 aliphatic heterocycles. The first-order chi connectivity index (χ1) is 12.4. The molecule has 0 spiro atoms. The van der Waals surface area contributed by atoms with Gasteiger partial charge in [0.25, 0.3) is 0 Å².